The van der Waals surface area contributed by atoms with Crippen molar-refractivity contribution in [1.82, 2.24) is 4.98 Å². The molecular formula is C18H25BrClN3. The largest absolute Gasteiger partial charge is 1.00 e. The first kappa shape index (κ1) is 19.9. The minimum absolute atomic E-state index is 0. The summed E-state index contributed by atoms with van der Waals surface area (Å²) in [5.41, 5.74) is 1.25. The van der Waals surface area contributed by atoms with E-state index in [4.69, 9.17) is 11.6 Å². The third kappa shape index (κ3) is 6.50. The molecule has 5 heteroatoms. The van der Waals surface area contributed by atoms with Gasteiger partial charge in [-0.1, -0.05) is 29.8 Å². The molecular weight excluding hydrogens is 374 g/mol. The Hall–Kier alpha value is -1.10. The van der Waals surface area contributed by atoms with Gasteiger partial charge in [-0.05, 0) is 36.8 Å². The minimum Gasteiger partial charge on any atom is -1.00 e. The highest BCUT2D eigenvalue weighted by atomic mass is 79.9. The second kappa shape index (κ2) is 9.26. The number of rotatable bonds is 7. The lowest BCUT2D eigenvalue weighted by Gasteiger charge is -2.32. The molecule has 0 radical (unpaired) electrons. The van der Waals surface area contributed by atoms with Crippen molar-refractivity contribution in [3.8, 4) is 0 Å². The summed E-state index contributed by atoms with van der Waals surface area (Å²) in [6.07, 6.45) is 1.85. The van der Waals surface area contributed by atoms with E-state index >= 15 is 0 Å². The molecule has 1 heterocycles. The standard InChI is InChI=1S/C18H25ClN3.BrH/c1-4-22(2,3)14-13-21(18-7-5-6-12-20-18)15-16-8-10-17(19)11-9-16;/h5-12H,4,13-15H2,1-3H3;1H/q+1;/p-1. The molecule has 0 aliphatic rings. The van der Waals surface area contributed by atoms with Crippen LogP contribution in [0.2, 0.25) is 5.02 Å². The van der Waals surface area contributed by atoms with Gasteiger partial charge < -0.3 is 26.4 Å². The smallest absolute Gasteiger partial charge is 0.128 e. The summed E-state index contributed by atoms with van der Waals surface area (Å²) < 4.78 is 1.00. The molecule has 3 nitrogen and oxygen atoms in total. The number of quaternary nitrogens is 1. The Labute approximate surface area is 155 Å². The summed E-state index contributed by atoms with van der Waals surface area (Å²) in [6.45, 7) is 6.25. The molecule has 23 heavy (non-hydrogen) atoms. The molecule has 0 saturated heterocycles. The minimum atomic E-state index is 0. The lowest BCUT2D eigenvalue weighted by Crippen LogP contribution is -3.00. The molecule has 2 aromatic rings. The van der Waals surface area contributed by atoms with Crippen LogP contribution < -0.4 is 21.9 Å². The topological polar surface area (TPSA) is 16.1 Å². The van der Waals surface area contributed by atoms with Gasteiger partial charge in [0.1, 0.15) is 5.82 Å². The molecule has 0 amide bonds. The van der Waals surface area contributed by atoms with E-state index < -0.39 is 0 Å². The van der Waals surface area contributed by atoms with Crippen LogP contribution >= 0.6 is 11.6 Å². The Kier molecular flexibility index (Phi) is 8.03. The monoisotopic (exact) mass is 397 g/mol. The normalized spacial score (nSPS) is 11.0. The van der Waals surface area contributed by atoms with E-state index in [0.717, 1.165) is 41.5 Å². The number of anilines is 1. The molecule has 1 aromatic heterocycles. The number of pyridine rings is 1. The SMILES string of the molecule is CC[N+](C)(C)CCN(Cc1ccc(Cl)cc1)c1ccccn1.[Br-]. The van der Waals surface area contributed by atoms with Crippen molar-refractivity contribution in [2.24, 2.45) is 0 Å². The first-order valence-electron chi connectivity index (χ1n) is 7.72. The van der Waals surface area contributed by atoms with Gasteiger partial charge in [0.15, 0.2) is 0 Å². The van der Waals surface area contributed by atoms with Gasteiger partial charge in [0, 0.05) is 17.8 Å². The predicted octanol–water partition coefficient (Wildman–Crippen LogP) is 0.842. The molecule has 126 valence electrons. The van der Waals surface area contributed by atoms with Gasteiger partial charge in [0.05, 0.1) is 33.7 Å². The number of nitrogens with zero attached hydrogens (tertiary/aromatic N) is 3. The quantitative estimate of drug-likeness (QED) is 0.643. The highest BCUT2D eigenvalue weighted by Gasteiger charge is 2.16. The van der Waals surface area contributed by atoms with Crippen molar-refractivity contribution in [3.63, 3.8) is 0 Å². The van der Waals surface area contributed by atoms with E-state index in [0.29, 0.717) is 0 Å². The fourth-order valence-electron chi connectivity index (χ4n) is 2.18. The average molecular weight is 399 g/mol. The second-order valence-electron chi connectivity index (χ2n) is 6.21. The maximum atomic E-state index is 5.98. The van der Waals surface area contributed by atoms with Crippen LogP contribution in [0.3, 0.4) is 0 Å². The zero-order valence-corrected chi connectivity index (χ0v) is 16.4. The highest BCUT2D eigenvalue weighted by Crippen LogP contribution is 2.16. The Morgan fingerprint density at radius 2 is 1.78 bits per heavy atom. The second-order valence-corrected chi connectivity index (χ2v) is 6.65. The van der Waals surface area contributed by atoms with Gasteiger partial charge in [0.25, 0.3) is 0 Å². The van der Waals surface area contributed by atoms with Gasteiger partial charge in [-0.3, -0.25) is 0 Å². The molecule has 1 aromatic carbocycles. The van der Waals surface area contributed by atoms with Crippen LogP contribution in [-0.4, -0.2) is 43.2 Å². The van der Waals surface area contributed by atoms with Crippen molar-refractivity contribution < 1.29 is 21.5 Å². The summed E-state index contributed by atoms with van der Waals surface area (Å²) in [5.74, 6) is 1.02. The number of benzene rings is 1. The van der Waals surface area contributed by atoms with Gasteiger partial charge in [0.2, 0.25) is 0 Å². The van der Waals surface area contributed by atoms with E-state index in [9.17, 15) is 0 Å². The molecule has 0 bridgehead atoms. The molecule has 0 unspecified atom stereocenters. The summed E-state index contributed by atoms with van der Waals surface area (Å²) >= 11 is 5.98. The summed E-state index contributed by atoms with van der Waals surface area (Å²) in [6, 6.07) is 14.1. The Morgan fingerprint density at radius 3 is 2.35 bits per heavy atom. The van der Waals surface area contributed by atoms with Crippen LogP contribution in [0.5, 0.6) is 0 Å². The molecule has 0 saturated carbocycles. The van der Waals surface area contributed by atoms with Crippen LogP contribution in [0.15, 0.2) is 48.7 Å². The van der Waals surface area contributed by atoms with E-state index in [2.05, 4.69) is 49.1 Å². The van der Waals surface area contributed by atoms with Crippen LogP contribution in [0, 0.1) is 0 Å². The van der Waals surface area contributed by atoms with Crippen LogP contribution in [0.25, 0.3) is 0 Å². The molecule has 0 spiro atoms. The summed E-state index contributed by atoms with van der Waals surface area (Å²) in [5, 5.41) is 0.775. The number of halogens is 2. The van der Waals surface area contributed by atoms with Gasteiger partial charge >= 0.3 is 0 Å². The lowest BCUT2D eigenvalue weighted by molar-refractivity contribution is -0.887. The number of hydrogen-bond donors (Lipinski definition) is 0. The van der Waals surface area contributed by atoms with Gasteiger partial charge in [-0.25, -0.2) is 4.98 Å². The van der Waals surface area contributed by atoms with E-state index in [1.54, 1.807) is 0 Å². The fourth-order valence-corrected chi connectivity index (χ4v) is 2.30. The van der Waals surface area contributed by atoms with Crippen LogP contribution in [0.4, 0.5) is 5.82 Å². The first-order chi connectivity index (χ1) is 10.5. The van der Waals surface area contributed by atoms with E-state index in [1.807, 2.05) is 30.5 Å². The molecule has 0 N–H and O–H groups in total. The van der Waals surface area contributed by atoms with Gasteiger partial charge in [-0.2, -0.15) is 0 Å². The summed E-state index contributed by atoms with van der Waals surface area (Å²) in [4.78, 5) is 6.84. The average Bonchev–Trinajstić information content (AvgIpc) is 2.54. The van der Waals surface area contributed by atoms with Gasteiger partial charge in [-0.15, -0.1) is 0 Å². The first-order valence-corrected chi connectivity index (χ1v) is 8.10. The van der Waals surface area contributed by atoms with Crippen molar-refractivity contribution >= 4 is 17.4 Å². The van der Waals surface area contributed by atoms with Crippen molar-refractivity contribution in [1.29, 1.82) is 0 Å². The number of aromatic nitrogens is 1. The third-order valence-corrected chi connectivity index (χ3v) is 4.34. The maximum absolute atomic E-state index is 5.98. The Bertz CT molecular complexity index is 573. The molecule has 0 atom stereocenters. The van der Waals surface area contributed by atoms with Crippen molar-refractivity contribution in [3.05, 3.63) is 59.2 Å². The van der Waals surface area contributed by atoms with Crippen molar-refractivity contribution in [2.75, 3.05) is 38.6 Å². The van der Waals surface area contributed by atoms with Crippen molar-refractivity contribution in [2.45, 2.75) is 13.5 Å². The Morgan fingerprint density at radius 1 is 1.09 bits per heavy atom. The molecule has 0 fully saturated rings. The molecule has 0 aliphatic carbocycles. The Balaban J connectivity index is 0.00000264. The number of likely N-dealkylation sites (N-methyl/N-ethyl adjacent to an activating group) is 1. The van der Waals surface area contributed by atoms with Crippen LogP contribution in [-0.2, 0) is 6.54 Å². The third-order valence-electron chi connectivity index (χ3n) is 4.09. The predicted molar refractivity (Wildman–Crippen MR) is 94.3 cm³/mol. The zero-order chi connectivity index (χ0) is 16.0. The maximum Gasteiger partial charge on any atom is 0.128 e. The zero-order valence-electron chi connectivity index (χ0n) is 14.0. The fraction of sp³-hybridized carbons (Fsp3) is 0.389. The van der Waals surface area contributed by atoms with Crippen LogP contribution in [0.1, 0.15) is 12.5 Å². The lowest BCUT2D eigenvalue weighted by atomic mass is 10.2. The summed E-state index contributed by atoms with van der Waals surface area (Å²) in [7, 11) is 4.53. The molecule has 2 rings (SSSR count). The van der Waals surface area contributed by atoms with E-state index in [-0.39, 0.29) is 17.0 Å². The highest BCUT2D eigenvalue weighted by molar-refractivity contribution is 6.30. The number of hydrogen-bond acceptors (Lipinski definition) is 2. The molecule has 0 aliphatic heterocycles. The van der Waals surface area contributed by atoms with E-state index in [1.165, 1.54) is 5.56 Å².